The molecule has 2 aromatic carbocycles. The van der Waals surface area contributed by atoms with E-state index in [0.29, 0.717) is 44.5 Å². The van der Waals surface area contributed by atoms with Gasteiger partial charge in [0.2, 0.25) is 0 Å². The van der Waals surface area contributed by atoms with Crippen LogP contribution >= 0.6 is 24.0 Å². The summed E-state index contributed by atoms with van der Waals surface area (Å²) < 4.78 is 35.4. The second kappa shape index (κ2) is 13.3. The zero-order valence-electron chi connectivity index (χ0n) is 17.8. The second-order valence-corrected chi connectivity index (χ2v) is 6.76. The summed E-state index contributed by atoms with van der Waals surface area (Å²) >= 11 is 0. The Kier molecular flexibility index (Phi) is 10.8. The van der Waals surface area contributed by atoms with Crippen molar-refractivity contribution in [3.63, 3.8) is 0 Å². The molecule has 1 aliphatic rings. The summed E-state index contributed by atoms with van der Waals surface area (Å²) in [6.45, 7) is 2.37. The molecule has 7 nitrogen and oxygen atoms in total. The molecule has 0 bridgehead atoms. The fraction of sp³-hybridized carbons (Fsp3) is 0.409. The molecule has 9 heteroatoms. The SMILES string of the molecule is CN=C(NCCc1cc(F)cc2c1OCOC2)Nc1cccc(OCCCOC)c1.I. The zero-order valence-corrected chi connectivity index (χ0v) is 20.1. The van der Waals surface area contributed by atoms with Gasteiger partial charge in [0.25, 0.3) is 0 Å². The molecule has 31 heavy (non-hydrogen) atoms. The number of aliphatic imine (C=N–C) groups is 1. The fourth-order valence-corrected chi connectivity index (χ4v) is 3.13. The Morgan fingerprint density at radius 1 is 1.23 bits per heavy atom. The van der Waals surface area contributed by atoms with Crippen molar-refractivity contribution < 1.29 is 23.3 Å². The number of nitrogens with zero attached hydrogens (tertiary/aromatic N) is 1. The van der Waals surface area contributed by atoms with Crippen molar-refractivity contribution >= 4 is 35.6 Å². The molecule has 1 aliphatic heterocycles. The number of ether oxygens (including phenoxy) is 4. The Labute approximate surface area is 199 Å². The number of hydrogen-bond donors (Lipinski definition) is 2. The van der Waals surface area contributed by atoms with Gasteiger partial charge in [0.05, 0.1) is 13.2 Å². The van der Waals surface area contributed by atoms with Gasteiger partial charge < -0.3 is 29.6 Å². The number of nitrogens with one attached hydrogen (secondary N) is 2. The highest BCUT2D eigenvalue weighted by atomic mass is 127. The zero-order chi connectivity index (χ0) is 21.2. The van der Waals surface area contributed by atoms with Crippen LogP contribution in [0.1, 0.15) is 17.5 Å². The van der Waals surface area contributed by atoms with Crippen LogP contribution in [-0.4, -0.2) is 46.7 Å². The molecule has 3 rings (SSSR count). The van der Waals surface area contributed by atoms with E-state index in [1.54, 1.807) is 14.2 Å². The molecule has 2 aromatic rings. The van der Waals surface area contributed by atoms with Crippen molar-refractivity contribution in [3.05, 3.63) is 53.3 Å². The number of fused-ring (bicyclic) bond motifs is 1. The van der Waals surface area contributed by atoms with Crippen molar-refractivity contribution in [3.8, 4) is 11.5 Å². The Morgan fingerprint density at radius 3 is 2.90 bits per heavy atom. The maximum Gasteiger partial charge on any atom is 0.195 e. The highest BCUT2D eigenvalue weighted by molar-refractivity contribution is 14.0. The first-order valence-corrected chi connectivity index (χ1v) is 9.91. The number of guanidine groups is 1. The van der Waals surface area contributed by atoms with Crippen LogP contribution in [0, 0.1) is 5.82 Å². The third-order valence-corrected chi connectivity index (χ3v) is 4.52. The summed E-state index contributed by atoms with van der Waals surface area (Å²) in [6, 6.07) is 10.6. The molecule has 0 fully saturated rings. The van der Waals surface area contributed by atoms with E-state index in [2.05, 4.69) is 15.6 Å². The first kappa shape index (κ1) is 25.2. The highest BCUT2D eigenvalue weighted by Crippen LogP contribution is 2.29. The average molecular weight is 545 g/mol. The summed E-state index contributed by atoms with van der Waals surface area (Å²) in [6.07, 6.45) is 1.42. The first-order valence-electron chi connectivity index (χ1n) is 9.91. The Hall–Kier alpha value is -2.11. The number of benzene rings is 2. The van der Waals surface area contributed by atoms with Crippen LogP contribution in [0.2, 0.25) is 0 Å². The third-order valence-electron chi connectivity index (χ3n) is 4.52. The number of rotatable bonds is 9. The van der Waals surface area contributed by atoms with Crippen molar-refractivity contribution in [1.29, 1.82) is 0 Å². The molecule has 2 N–H and O–H groups in total. The van der Waals surface area contributed by atoms with Gasteiger partial charge in [-0.2, -0.15) is 0 Å². The quantitative estimate of drug-likeness (QED) is 0.215. The van der Waals surface area contributed by atoms with Crippen LogP contribution in [-0.2, 0) is 22.5 Å². The van der Waals surface area contributed by atoms with Crippen LogP contribution < -0.4 is 20.1 Å². The molecule has 0 atom stereocenters. The van der Waals surface area contributed by atoms with E-state index in [-0.39, 0.29) is 36.6 Å². The largest absolute Gasteiger partial charge is 0.493 e. The van der Waals surface area contributed by atoms with Gasteiger partial charge in [-0.3, -0.25) is 4.99 Å². The van der Waals surface area contributed by atoms with E-state index in [1.165, 1.54) is 12.1 Å². The maximum atomic E-state index is 13.9. The van der Waals surface area contributed by atoms with E-state index in [4.69, 9.17) is 18.9 Å². The summed E-state index contributed by atoms with van der Waals surface area (Å²) in [4.78, 5) is 4.25. The second-order valence-electron chi connectivity index (χ2n) is 6.76. The van der Waals surface area contributed by atoms with Gasteiger partial charge in [-0.05, 0) is 36.2 Å². The Balaban J connectivity index is 0.00000341. The van der Waals surface area contributed by atoms with Gasteiger partial charge in [-0.25, -0.2) is 4.39 Å². The van der Waals surface area contributed by atoms with Crippen molar-refractivity contribution in [1.82, 2.24) is 5.32 Å². The lowest BCUT2D eigenvalue weighted by Gasteiger charge is -2.21. The van der Waals surface area contributed by atoms with Gasteiger partial charge in [0.15, 0.2) is 12.8 Å². The molecule has 0 amide bonds. The predicted octanol–water partition coefficient (Wildman–Crippen LogP) is 3.96. The van der Waals surface area contributed by atoms with E-state index >= 15 is 0 Å². The van der Waals surface area contributed by atoms with Gasteiger partial charge >= 0.3 is 0 Å². The minimum absolute atomic E-state index is 0. The van der Waals surface area contributed by atoms with Gasteiger partial charge in [0.1, 0.15) is 17.3 Å². The van der Waals surface area contributed by atoms with Crippen LogP contribution in [0.15, 0.2) is 41.4 Å². The lowest BCUT2D eigenvalue weighted by molar-refractivity contribution is -0.0172. The molecule has 0 saturated carbocycles. The minimum atomic E-state index is -0.289. The molecule has 0 aromatic heterocycles. The fourth-order valence-electron chi connectivity index (χ4n) is 3.13. The lowest BCUT2D eigenvalue weighted by Crippen LogP contribution is -2.32. The third kappa shape index (κ3) is 7.82. The molecule has 1 heterocycles. The minimum Gasteiger partial charge on any atom is -0.493 e. The summed E-state index contributed by atoms with van der Waals surface area (Å²) in [5.74, 6) is 1.81. The number of methoxy groups -OCH3 is 1. The van der Waals surface area contributed by atoms with Gasteiger partial charge in [-0.15, -0.1) is 24.0 Å². The molecule has 170 valence electrons. The van der Waals surface area contributed by atoms with Crippen molar-refractivity contribution in [2.75, 3.05) is 46.0 Å². The monoisotopic (exact) mass is 545 g/mol. The maximum absolute atomic E-state index is 13.9. The van der Waals surface area contributed by atoms with Crippen LogP contribution in [0.5, 0.6) is 11.5 Å². The highest BCUT2D eigenvalue weighted by Gasteiger charge is 2.16. The van der Waals surface area contributed by atoms with Crippen LogP contribution in [0.3, 0.4) is 0 Å². The van der Waals surface area contributed by atoms with Gasteiger partial charge in [0, 0.05) is 51.0 Å². The van der Waals surface area contributed by atoms with E-state index in [1.807, 2.05) is 24.3 Å². The normalized spacial score (nSPS) is 12.9. The molecule has 0 radical (unpaired) electrons. The number of halogens is 2. The van der Waals surface area contributed by atoms with E-state index < -0.39 is 0 Å². The van der Waals surface area contributed by atoms with Crippen LogP contribution in [0.25, 0.3) is 0 Å². The molecule has 0 saturated heterocycles. The summed E-state index contributed by atoms with van der Waals surface area (Å²) in [5, 5.41) is 6.48. The van der Waals surface area contributed by atoms with E-state index in [0.717, 1.165) is 29.0 Å². The van der Waals surface area contributed by atoms with Crippen LogP contribution in [0.4, 0.5) is 10.1 Å². The van der Waals surface area contributed by atoms with Crippen molar-refractivity contribution in [2.24, 2.45) is 4.99 Å². The van der Waals surface area contributed by atoms with E-state index in [9.17, 15) is 4.39 Å². The van der Waals surface area contributed by atoms with Crippen molar-refractivity contribution in [2.45, 2.75) is 19.4 Å². The Morgan fingerprint density at radius 2 is 2.10 bits per heavy atom. The molecular formula is C22H29FIN3O4. The predicted molar refractivity (Wildman–Crippen MR) is 129 cm³/mol. The molecule has 0 aliphatic carbocycles. The standard InChI is InChI=1S/C22H28FN3O4.HI/c1-24-22(26-19-5-3-6-20(13-19)29-10-4-9-27-2)25-8-7-16-11-18(23)12-17-14-28-15-30-21(16)17;/h3,5-6,11-13H,4,7-10,14-15H2,1-2H3,(H2,24,25,26);1H. The lowest BCUT2D eigenvalue weighted by atomic mass is 10.1. The van der Waals surface area contributed by atoms with Gasteiger partial charge in [-0.1, -0.05) is 6.07 Å². The molecule has 0 spiro atoms. The summed E-state index contributed by atoms with van der Waals surface area (Å²) in [7, 11) is 3.37. The average Bonchev–Trinajstić information content (AvgIpc) is 2.76. The smallest absolute Gasteiger partial charge is 0.195 e. The number of hydrogen-bond acceptors (Lipinski definition) is 5. The molecule has 0 unspecified atom stereocenters. The Bertz CT molecular complexity index is 867. The first-order chi connectivity index (χ1) is 14.7. The topological polar surface area (TPSA) is 73.3 Å². The molecular weight excluding hydrogens is 516 g/mol. The summed E-state index contributed by atoms with van der Waals surface area (Å²) in [5.41, 5.74) is 2.40. The number of anilines is 1.